The van der Waals surface area contributed by atoms with Gasteiger partial charge in [0.1, 0.15) is 6.04 Å². The summed E-state index contributed by atoms with van der Waals surface area (Å²) in [6.45, 7) is 1.61. The fourth-order valence-electron chi connectivity index (χ4n) is 2.15. The van der Waals surface area contributed by atoms with Gasteiger partial charge in [0.2, 0.25) is 0 Å². The van der Waals surface area contributed by atoms with E-state index < -0.39 is 35.8 Å². The Balaban J connectivity index is 2.96. The maximum atomic E-state index is 12.4. The zero-order valence-corrected chi connectivity index (χ0v) is 14.5. The molecule has 25 heavy (non-hydrogen) atoms. The summed E-state index contributed by atoms with van der Waals surface area (Å²) in [6.07, 6.45) is -0.0707. The highest BCUT2D eigenvalue weighted by Gasteiger charge is 2.30. The third-order valence-corrected chi connectivity index (χ3v) is 3.57. The van der Waals surface area contributed by atoms with Crippen molar-refractivity contribution in [2.24, 2.45) is 5.92 Å². The van der Waals surface area contributed by atoms with Gasteiger partial charge in [-0.05, 0) is 24.1 Å². The van der Waals surface area contributed by atoms with Crippen molar-refractivity contribution < 1.29 is 33.4 Å². The third kappa shape index (κ3) is 5.59. The number of benzene rings is 1. The Morgan fingerprint density at radius 3 is 2.20 bits per heavy atom. The molecule has 0 aliphatic heterocycles. The van der Waals surface area contributed by atoms with Gasteiger partial charge < -0.3 is 19.5 Å². The molecule has 1 rings (SSSR count). The Labute approximate surface area is 145 Å². The van der Waals surface area contributed by atoms with E-state index in [0.29, 0.717) is 0 Å². The number of rotatable bonds is 7. The van der Waals surface area contributed by atoms with E-state index in [1.165, 1.54) is 45.6 Å². The Hall–Kier alpha value is -2.90. The first-order chi connectivity index (χ1) is 11.8. The number of carbonyl (C=O) groups is 4. The summed E-state index contributed by atoms with van der Waals surface area (Å²) in [5.74, 6) is -2.92. The van der Waals surface area contributed by atoms with Crippen LogP contribution in [0.5, 0.6) is 0 Å². The monoisotopic (exact) mass is 351 g/mol. The quantitative estimate of drug-likeness (QED) is 0.575. The maximum absolute atomic E-state index is 12.4. The molecule has 8 nitrogen and oxygen atoms in total. The second-order valence-electron chi connectivity index (χ2n) is 5.30. The minimum atomic E-state index is -1.04. The molecule has 0 saturated carbocycles. The first-order valence-corrected chi connectivity index (χ1v) is 7.47. The molecule has 0 radical (unpaired) electrons. The summed E-state index contributed by atoms with van der Waals surface area (Å²) in [5, 5.41) is 2.52. The summed E-state index contributed by atoms with van der Waals surface area (Å²) in [7, 11) is 3.65. The second-order valence-corrected chi connectivity index (χ2v) is 5.30. The van der Waals surface area contributed by atoms with E-state index in [9.17, 15) is 19.2 Å². The van der Waals surface area contributed by atoms with Crippen LogP contribution in [0.15, 0.2) is 24.3 Å². The fourth-order valence-corrected chi connectivity index (χ4v) is 2.15. The number of ether oxygens (including phenoxy) is 3. The largest absolute Gasteiger partial charge is 0.469 e. The number of hydrogen-bond acceptors (Lipinski definition) is 7. The van der Waals surface area contributed by atoms with E-state index in [0.717, 1.165) is 0 Å². The Bertz CT molecular complexity index is 656. The van der Waals surface area contributed by atoms with Crippen LogP contribution in [-0.4, -0.2) is 51.2 Å². The van der Waals surface area contributed by atoms with Crippen molar-refractivity contribution in [3.8, 4) is 0 Å². The number of amides is 1. The van der Waals surface area contributed by atoms with Crippen LogP contribution in [0.25, 0.3) is 0 Å². The molecule has 0 aliphatic rings. The topological polar surface area (TPSA) is 108 Å². The van der Waals surface area contributed by atoms with Crippen LogP contribution < -0.4 is 5.32 Å². The van der Waals surface area contributed by atoms with Crippen molar-refractivity contribution in [1.29, 1.82) is 0 Å². The van der Waals surface area contributed by atoms with E-state index >= 15 is 0 Å². The summed E-state index contributed by atoms with van der Waals surface area (Å²) in [5.41, 5.74) is 0.370. The molecule has 0 aliphatic carbocycles. The van der Waals surface area contributed by atoms with E-state index in [1.807, 2.05) is 0 Å². The Morgan fingerprint density at radius 1 is 1.00 bits per heavy atom. The Kier molecular flexibility index (Phi) is 7.58. The molecule has 0 saturated heterocycles. The highest BCUT2D eigenvalue weighted by atomic mass is 16.5. The van der Waals surface area contributed by atoms with Gasteiger partial charge in [-0.25, -0.2) is 9.59 Å². The van der Waals surface area contributed by atoms with Crippen molar-refractivity contribution in [1.82, 2.24) is 5.32 Å². The number of nitrogens with one attached hydrogen (secondary N) is 1. The molecule has 1 aromatic carbocycles. The van der Waals surface area contributed by atoms with Gasteiger partial charge in [-0.2, -0.15) is 0 Å². The molecule has 0 heterocycles. The summed E-state index contributed by atoms with van der Waals surface area (Å²) in [6, 6.07) is 4.81. The Morgan fingerprint density at radius 2 is 1.64 bits per heavy atom. The number of carbonyl (C=O) groups excluding carboxylic acids is 4. The average Bonchev–Trinajstić information content (AvgIpc) is 2.64. The minimum absolute atomic E-state index is 0.0707. The predicted molar refractivity (Wildman–Crippen MR) is 86.8 cm³/mol. The molecule has 2 atom stereocenters. The molecule has 1 amide bonds. The first-order valence-electron chi connectivity index (χ1n) is 7.47. The standard InChI is InChI=1S/C17H21NO7/c1-10(8-13(19)23-2)14(17(22)25-4)18-15(20)11-6-5-7-12(9-11)16(21)24-3/h5-7,9-10,14H,8H2,1-4H3,(H,18,20)/t10-,14+/m0/s1. The molecule has 0 spiro atoms. The van der Waals surface area contributed by atoms with E-state index in [-0.39, 0.29) is 17.5 Å². The van der Waals surface area contributed by atoms with Crippen molar-refractivity contribution in [3.05, 3.63) is 35.4 Å². The smallest absolute Gasteiger partial charge is 0.337 e. The van der Waals surface area contributed by atoms with Crippen LogP contribution in [0.3, 0.4) is 0 Å². The highest BCUT2D eigenvalue weighted by Crippen LogP contribution is 2.13. The number of methoxy groups -OCH3 is 3. The van der Waals surface area contributed by atoms with Gasteiger partial charge in [0.25, 0.3) is 5.91 Å². The minimum Gasteiger partial charge on any atom is -0.469 e. The summed E-state index contributed by atoms with van der Waals surface area (Å²) in [4.78, 5) is 47.3. The van der Waals surface area contributed by atoms with Crippen LogP contribution in [0.2, 0.25) is 0 Å². The fraction of sp³-hybridized carbons (Fsp3) is 0.412. The first kappa shape index (κ1) is 20.1. The number of esters is 3. The van der Waals surface area contributed by atoms with Gasteiger partial charge in [-0.15, -0.1) is 0 Å². The lowest BCUT2D eigenvalue weighted by molar-refractivity contribution is -0.146. The molecule has 8 heteroatoms. The maximum Gasteiger partial charge on any atom is 0.337 e. The molecular weight excluding hydrogens is 330 g/mol. The SMILES string of the molecule is COC(=O)C[C@H](C)[C@@H](NC(=O)c1cccc(C(=O)OC)c1)C(=O)OC. The van der Waals surface area contributed by atoms with E-state index in [1.54, 1.807) is 6.92 Å². The zero-order chi connectivity index (χ0) is 19.0. The summed E-state index contributed by atoms with van der Waals surface area (Å²) >= 11 is 0. The lowest BCUT2D eigenvalue weighted by atomic mass is 9.97. The third-order valence-electron chi connectivity index (χ3n) is 3.57. The van der Waals surface area contributed by atoms with Crippen molar-refractivity contribution in [2.45, 2.75) is 19.4 Å². The molecule has 0 bridgehead atoms. The van der Waals surface area contributed by atoms with Gasteiger partial charge in [0.15, 0.2) is 0 Å². The molecular formula is C17H21NO7. The normalized spacial score (nSPS) is 12.5. The molecule has 1 N–H and O–H groups in total. The van der Waals surface area contributed by atoms with Crippen molar-refractivity contribution in [3.63, 3.8) is 0 Å². The molecule has 0 fully saturated rings. The molecule has 1 aromatic rings. The number of hydrogen-bond donors (Lipinski definition) is 1. The van der Waals surface area contributed by atoms with E-state index in [2.05, 4.69) is 19.5 Å². The van der Waals surface area contributed by atoms with Gasteiger partial charge in [0, 0.05) is 5.56 Å². The lowest BCUT2D eigenvalue weighted by Gasteiger charge is -2.22. The van der Waals surface area contributed by atoms with Gasteiger partial charge in [-0.3, -0.25) is 9.59 Å². The average molecular weight is 351 g/mol. The zero-order valence-electron chi connectivity index (χ0n) is 14.5. The van der Waals surface area contributed by atoms with Crippen molar-refractivity contribution >= 4 is 23.8 Å². The molecule has 136 valence electrons. The predicted octanol–water partition coefficient (Wildman–Crippen LogP) is 0.944. The van der Waals surface area contributed by atoms with Crippen LogP contribution in [-0.2, 0) is 23.8 Å². The highest BCUT2D eigenvalue weighted by molar-refractivity contribution is 5.99. The van der Waals surface area contributed by atoms with Crippen LogP contribution in [0.4, 0.5) is 0 Å². The molecule has 0 aromatic heterocycles. The van der Waals surface area contributed by atoms with Crippen LogP contribution in [0, 0.1) is 5.92 Å². The second kappa shape index (κ2) is 9.41. The van der Waals surface area contributed by atoms with Crippen LogP contribution >= 0.6 is 0 Å². The lowest BCUT2D eigenvalue weighted by Crippen LogP contribution is -2.46. The van der Waals surface area contributed by atoms with Gasteiger partial charge in [-0.1, -0.05) is 13.0 Å². The van der Waals surface area contributed by atoms with Crippen molar-refractivity contribution in [2.75, 3.05) is 21.3 Å². The van der Waals surface area contributed by atoms with Gasteiger partial charge >= 0.3 is 17.9 Å². The molecule has 0 unspecified atom stereocenters. The van der Waals surface area contributed by atoms with E-state index in [4.69, 9.17) is 0 Å². The van der Waals surface area contributed by atoms with Gasteiger partial charge in [0.05, 0.1) is 33.3 Å². The summed E-state index contributed by atoms with van der Waals surface area (Å²) < 4.78 is 13.9. The van der Waals surface area contributed by atoms with Crippen LogP contribution in [0.1, 0.15) is 34.1 Å².